The maximum absolute atomic E-state index is 9.21. The zero-order valence-corrected chi connectivity index (χ0v) is 25.8. The van der Waals surface area contributed by atoms with Crippen molar-refractivity contribution in [1.29, 1.82) is 0 Å². The van der Waals surface area contributed by atoms with Gasteiger partial charge in [-0.3, -0.25) is 0 Å². The number of hydrogen-bond donors (Lipinski definition) is 0. The number of rotatable bonds is 4. The Morgan fingerprint density at radius 3 is 1.49 bits per heavy atom. The van der Waals surface area contributed by atoms with Crippen LogP contribution in [0.5, 0.6) is 0 Å². The Balaban J connectivity index is 1.18. The van der Waals surface area contributed by atoms with Crippen LogP contribution < -0.4 is 0 Å². The zero-order chi connectivity index (χ0) is 42.8. The van der Waals surface area contributed by atoms with Crippen molar-refractivity contribution in [3.05, 3.63) is 182 Å². The van der Waals surface area contributed by atoms with Crippen LogP contribution in [0.15, 0.2) is 186 Å². The van der Waals surface area contributed by atoms with E-state index in [-0.39, 0.29) is 46.1 Å². The van der Waals surface area contributed by atoms with Crippen LogP contribution in [0.4, 0.5) is 0 Å². The average Bonchev–Trinajstić information content (AvgIpc) is 3.67. The molecule has 0 spiro atoms. The molecule has 0 aliphatic rings. The summed E-state index contributed by atoms with van der Waals surface area (Å²) >= 11 is 0. The Hall–Kier alpha value is -6.44. The van der Waals surface area contributed by atoms with Crippen LogP contribution in [-0.2, 0) is 0 Å². The van der Waals surface area contributed by atoms with Crippen molar-refractivity contribution in [2.75, 3.05) is 0 Å². The first-order valence-electron chi connectivity index (χ1n) is 21.9. The highest BCUT2D eigenvalue weighted by Gasteiger charge is 2.19. The third-order valence-corrected chi connectivity index (χ3v) is 9.27. The minimum absolute atomic E-state index is 0.0320. The predicted molar refractivity (Wildman–Crippen MR) is 208 cm³/mol. The highest BCUT2D eigenvalue weighted by Crippen LogP contribution is 2.46. The summed E-state index contributed by atoms with van der Waals surface area (Å²) in [6, 6.07) is 29.7. The molecule has 49 heavy (non-hydrogen) atoms. The molecular formula is C48H30O. The van der Waals surface area contributed by atoms with Gasteiger partial charge >= 0.3 is 0 Å². The van der Waals surface area contributed by atoms with Crippen LogP contribution in [0.25, 0.3) is 98.8 Å². The van der Waals surface area contributed by atoms with E-state index in [1.54, 1.807) is 12.1 Å². The van der Waals surface area contributed by atoms with Gasteiger partial charge in [-0.25, -0.2) is 0 Å². The molecular weight excluding hydrogens is 593 g/mol. The molecule has 0 atom stereocenters. The monoisotopic (exact) mass is 634 g/mol. The summed E-state index contributed by atoms with van der Waals surface area (Å²) in [7, 11) is 0. The smallest absolute Gasteiger partial charge is 0.143 e. The average molecular weight is 635 g/mol. The SMILES string of the molecule is [2H]c1c([2H])c([2H])c(-c2cccc3c2oc2c(-c4ccc(-c5c6ccccc6c(-c6c([2H])c([2H])c([2H])c7c([2H])c([2H])c([2H])c([2H])c67)c6ccccc56)cc4)cccc23)c([2H])c1[2H]. The molecule has 10 rings (SSSR count). The second-order valence-electron chi connectivity index (χ2n) is 11.9. The minimum atomic E-state index is -0.503. The molecule has 0 amide bonds. The summed E-state index contributed by atoms with van der Waals surface area (Å²) in [5.74, 6) is 0. The number of benzene rings is 9. The molecule has 0 N–H and O–H groups in total. The van der Waals surface area contributed by atoms with Gasteiger partial charge in [-0.15, -0.1) is 0 Å². The molecule has 0 aliphatic heterocycles. The van der Waals surface area contributed by atoms with Crippen LogP contribution in [0.3, 0.4) is 0 Å². The molecule has 0 saturated carbocycles. The third-order valence-electron chi connectivity index (χ3n) is 9.27. The van der Waals surface area contributed by atoms with E-state index in [1.807, 2.05) is 97.1 Å². The Kier molecular flexibility index (Phi) is 4.11. The molecule has 0 fully saturated rings. The Morgan fingerprint density at radius 1 is 0.327 bits per heavy atom. The lowest BCUT2D eigenvalue weighted by Crippen LogP contribution is -1.91. The molecule has 1 aromatic heterocycles. The van der Waals surface area contributed by atoms with E-state index < -0.39 is 48.3 Å². The van der Waals surface area contributed by atoms with Gasteiger partial charge in [-0.2, -0.15) is 0 Å². The van der Waals surface area contributed by atoms with Crippen molar-refractivity contribution in [2.45, 2.75) is 0 Å². The first-order chi connectivity index (χ1) is 29.3. The van der Waals surface area contributed by atoms with E-state index in [9.17, 15) is 1.37 Å². The molecule has 0 unspecified atom stereocenters. The Labute approximate surface area is 301 Å². The summed E-state index contributed by atoms with van der Waals surface area (Å²) in [6.45, 7) is 0. The van der Waals surface area contributed by atoms with E-state index in [0.717, 1.165) is 43.8 Å². The van der Waals surface area contributed by atoms with Crippen LogP contribution in [0, 0.1) is 0 Å². The van der Waals surface area contributed by atoms with E-state index in [4.69, 9.17) is 19.5 Å². The zero-order valence-electron chi connectivity index (χ0n) is 37.8. The Bertz CT molecular complexity index is 3460. The van der Waals surface area contributed by atoms with Gasteiger partial charge in [0, 0.05) is 21.9 Å². The van der Waals surface area contributed by atoms with Crippen molar-refractivity contribution in [2.24, 2.45) is 0 Å². The third kappa shape index (κ3) is 4.33. The molecule has 228 valence electrons. The normalized spacial score (nSPS) is 15.1. The molecule has 0 aliphatic carbocycles. The molecule has 1 heteroatoms. The van der Waals surface area contributed by atoms with Gasteiger partial charge in [-0.05, 0) is 65.7 Å². The van der Waals surface area contributed by atoms with Gasteiger partial charge in [0.05, 0.1) is 16.4 Å². The van der Waals surface area contributed by atoms with Gasteiger partial charge in [0.1, 0.15) is 11.2 Å². The van der Waals surface area contributed by atoms with Gasteiger partial charge in [0.15, 0.2) is 0 Å². The second kappa shape index (κ2) is 11.1. The summed E-state index contributed by atoms with van der Waals surface area (Å²) < 4.78 is 110. The lowest BCUT2D eigenvalue weighted by molar-refractivity contribution is 0.671. The lowest BCUT2D eigenvalue weighted by atomic mass is 9.84. The predicted octanol–water partition coefficient (Wildman–Crippen LogP) is 13.7. The maximum atomic E-state index is 9.21. The number of hydrogen-bond acceptors (Lipinski definition) is 1. The van der Waals surface area contributed by atoms with Gasteiger partial charge in [0.25, 0.3) is 0 Å². The highest BCUT2D eigenvalue weighted by atomic mass is 16.3. The van der Waals surface area contributed by atoms with E-state index >= 15 is 0 Å². The fourth-order valence-corrected chi connectivity index (χ4v) is 7.15. The fourth-order valence-electron chi connectivity index (χ4n) is 7.15. The van der Waals surface area contributed by atoms with Gasteiger partial charge < -0.3 is 4.42 Å². The van der Waals surface area contributed by atoms with Crippen LogP contribution in [0.1, 0.15) is 16.4 Å². The van der Waals surface area contributed by atoms with Crippen LogP contribution in [-0.4, -0.2) is 0 Å². The first kappa shape index (κ1) is 18.2. The molecule has 0 bridgehead atoms. The van der Waals surface area contributed by atoms with E-state index in [2.05, 4.69) is 0 Å². The highest BCUT2D eigenvalue weighted by molar-refractivity contribution is 6.23. The maximum Gasteiger partial charge on any atom is 0.143 e. The molecule has 0 radical (unpaired) electrons. The van der Waals surface area contributed by atoms with Crippen LogP contribution >= 0.6 is 0 Å². The van der Waals surface area contributed by atoms with E-state index in [1.165, 1.54) is 0 Å². The largest absolute Gasteiger partial charge is 0.455 e. The number of fused-ring (bicyclic) bond motifs is 6. The van der Waals surface area contributed by atoms with Crippen molar-refractivity contribution in [3.8, 4) is 44.5 Å². The topological polar surface area (TPSA) is 13.1 Å². The first-order valence-corrected chi connectivity index (χ1v) is 15.9. The van der Waals surface area contributed by atoms with E-state index in [0.29, 0.717) is 33.1 Å². The summed E-state index contributed by atoms with van der Waals surface area (Å²) in [6.07, 6.45) is 0. The van der Waals surface area contributed by atoms with Crippen molar-refractivity contribution >= 4 is 54.3 Å². The summed E-state index contributed by atoms with van der Waals surface area (Å²) in [4.78, 5) is 0. The quantitative estimate of drug-likeness (QED) is 0.176. The van der Waals surface area contributed by atoms with Crippen molar-refractivity contribution < 1.29 is 20.9 Å². The number of para-hydroxylation sites is 2. The van der Waals surface area contributed by atoms with Crippen LogP contribution in [0.2, 0.25) is 0 Å². The molecule has 10 aromatic rings. The van der Waals surface area contributed by atoms with Crippen molar-refractivity contribution in [1.82, 2.24) is 0 Å². The number of furan rings is 1. The summed E-state index contributed by atoms with van der Waals surface area (Å²) in [5.41, 5.74) is 5.58. The standard InChI is InChI=1S/C48H30O/c1-2-13-32(14-3-1)36-22-11-25-43-44-26-12-23-37(48(44)49-47(36)43)33-27-29-34(30-28-33)45-39-18-6-8-20-41(39)46(42-21-9-7-19-40(42)45)38-24-10-16-31-15-4-5-17-35(31)38/h1-30H/i1D,2D,3D,4D,5D,10D,13D,14D,15D,16D,17D,24D. The molecule has 1 nitrogen and oxygen atoms in total. The Morgan fingerprint density at radius 2 is 0.837 bits per heavy atom. The second-order valence-corrected chi connectivity index (χ2v) is 11.9. The fraction of sp³-hybridized carbons (Fsp3) is 0. The van der Waals surface area contributed by atoms with Gasteiger partial charge in [-0.1, -0.05) is 182 Å². The lowest BCUT2D eigenvalue weighted by Gasteiger charge is -2.19. The molecule has 9 aromatic carbocycles. The summed E-state index contributed by atoms with van der Waals surface area (Å²) in [5, 5.41) is 4.54. The van der Waals surface area contributed by atoms with Gasteiger partial charge in [0.2, 0.25) is 0 Å². The molecule has 0 saturated heterocycles. The minimum Gasteiger partial charge on any atom is -0.455 e. The molecule has 1 heterocycles. The van der Waals surface area contributed by atoms with Crippen molar-refractivity contribution in [3.63, 3.8) is 0 Å².